The minimum atomic E-state index is 0.796. The first-order chi connectivity index (χ1) is 8.84. The highest BCUT2D eigenvalue weighted by Gasteiger charge is 2.10. The quantitative estimate of drug-likeness (QED) is 0.753. The van der Waals surface area contributed by atoms with E-state index >= 15 is 0 Å². The van der Waals surface area contributed by atoms with Gasteiger partial charge in [-0.2, -0.15) is 0 Å². The molecule has 0 aliphatic heterocycles. The third-order valence-corrected chi connectivity index (χ3v) is 4.19. The Morgan fingerprint density at radius 1 is 1.11 bits per heavy atom. The van der Waals surface area contributed by atoms with Crippen LogP contribution in [0.4, 0.5) is 0 Å². The molecule has 1 heteroatoms. The Balaban J connectivity index is 1.85. The van der Waals surface area contributed by atoms with E-state index in [-0.39, 0.29) is 0 Å². The van der Waals surface area contributed by atoms with Crippen LogP contribution in [0.5, 0.6) is 0 Å². The maximum absolute atomic E-state index is 3.52. The molecule has 1 N–H and O–H groups in total. The van der Waals surface area contributed by atoms with Crippen molar-refractivity contribution >= 4 is 17.0 Å². The monoisotopic (exact) mass is 239 g/mol. The van der Waals surface area contributed by atoms with E-state index in [2.05, 4.69) is 48.3 Å². The average molecular weight is 239 g/mol. The van der Waals surface area contributed by atoms with E-state index in [9.17, 15) is 0 Å². The summed E-state index contributed by atoms with van der Waals surface area (Å²) in [5.74, 6) is 0.796. The molecule has 1 aromatic heterocycles. The predicted octanol–water partition coefficient (Wildman–Crippen LogP) is 5.07. The second-order valence-electron chi connectivity index (χ2n) is 5.47. The van der Waals surface area contributed by atoms with Crippen molar-refractivity contribution in [2.24, 2.45) is 5.92 Å². The third-order valence-electron chi connectivity index (χ3n) is 4.19. The zero-order valence-electron chi connectivity index (χ0n) is 11.1. The molecule has 0 saturated heterocycles. The molecule has 0 radical (unpaired) electrons. The normalized spacial score (nSPS) is 17.8. The van der Waals surface area contributed by atoms with Crippen LogP contribution in [0, 0.1) is 12.8 Å². The van der Waals surface area contributed by atoms with Crippen molar-refractivity contribution in [3.63, 3.8) is 0 Å². The van der Waals surface area contributed by atoms with E-state index in [1.165, 1.54) is 54.3 Å². The van der Waals surface area contributed by atoms with Gasteiger partial charge in [0.25, 0.3) is 0 Å². The van der Waals surface area contributed by atoms with Gasteiger partial charge in [-0.3, -0.25) is 0 Å². The van der Waals surface area contributed by atoms with Crippen LogP contribution in [0.1, 0.15) is 43.4 Å². The van der Waals surface area contributed by atoms with Crippen LogP contribution in [0.15, 0.2) is 30.3 Å². The topological polar surface area (TPSA) is 15.8 Å². The van der Waals surface area contributed by atoms with Crippen LogP contribution in [0.2, 0.25) is 0 Å². The summed E-state index contributed by atoms with van der Waals surface area (Å²) in [6.07, 6.45) is 11.7. The molecule has 1 aliphatic carbocycles. The fourth-order valence-corrected chi connectivity index (χ4v) is 3.03. The fourth-order valence-electron chi connectivity index (χ4n) is 3.03. The van der Waals surface area contributed by atoms with Gasteiger partial charge in [0.2, 0.25) is 0 Å². The number of allylic oxidation sites excluding steroid dienone is 1. The number of aryl methyl sites for hydroxylation is 1. The number of aromatic nitrogens is 1. The van der Waals surface area contributed by atoms with Crippen molar-refractivity contribution in [1.29, 1.82) is 0 Å². The Morgan fingerprint density at radius 3 is 2.67 bits per heavy atom. The molecule has 1 nitrogen and oxygen atoms in total. The molecule has 0 atom stereocenters. The molecule has 0 bridgehead atoms. The molecule has 1 aromatic carbocycles. The molecule has 2 aromatic rings. The number of rotatable bonds is 2. The smallest absolute Gasteiger partial charge is 0.0461 e. The lowest BCUT2D eigenvalue weighted by Gasteiger charge is -2.17. The second-order valence-corrected chi connectivity index (χ2v) is 5.47. The molecule has 94 valence electrons. The first-order valence-corrected chi connectivity index (χ1v) is 7.10. The Morgan fingerprint density at radius 2 is 1.89 bits per heavy atom. The standard InChI is InChI=1S/C17H21N/c1-13-15-9-5-6-10-17(15)18-16(13)12-11-14-7-3-2-4-8-14/h5-6,9-12,14,18H,2-4,7-8H2,1H3/b12-11+. The van der Waals surface area contributed by atoms with Gasteiger partial charge < -0.3 is 4.98 Å². The summed E-state index contributed by atoms with van der Waals surface area (Å²) < 4.78 is 0. The molecule has 1 saturated carbocycles. The van der Waals surface area contributed by atoms with Crippen LogP contribution in [0.25, 0.3) is 17.0 Å². The van der Waals surface area contributed by atoms with Crippen LogP contribution in [0.3, 0.4) is 0 Å². The first-order valence-electron chi connectivity index (χ1n) is 7.10. The van der Waals surface area contributed by atoms with Crippen LogP contribution in [-0.4, -0.2) is 4.98 Å². The van der Waals surface area contributed by atoms with Gasteiger partial charge in [-0.15, -0.1) is 0 Å². The summed E-state index contributed by atoms with van der Waals surface area (Å²) >= 11 is 0. The lowest BCUT2D eigenvalue weighted by atomic mass is 9.89. The molecule has 3 rings (SSSR count). The van der Waals surface area contributed by atoms with Gasteiger partial charge in [0.15, 0.2) is 0 Å². The van der Waals surface area contributed by atoms with E-state index < -0.39 is 0 Å². The van der Waals surface area contributed by atoms with Gasteiger partial charge in [0, 0.05) is 16.6 Å². The van der Waals surface area contributed by atoms with E-state index in [1.807, 2.05) is 0 Å². The van der Waals surface area contributed by atoms with Gasteiger partial charge >= 0.3 is 0 Å². The maximum Gasteiger partial charge on any atom is 0.0461 e. The summed E-state index contributed by atoms with van der Waals surface area (Å²) in [7, 11) is 0. The van der Waals surface area contributed by atoms with Crippen LogP contribution < -0.4 is 0 Å². The summed E-state index contributed by atoms with van der Waals surface area (Å²) in [5.41, 5.74) is 3.90. The molecule has 1 fully saturated rings. The molecular weight excluding hydrogens is 218 g/mol. The van der Waals surface area contributed by atoms with E-state index in [1.54, 1.807) is 0 Å². The van der Waals surface area contributed by atoms with Crippen molar-refractivity contribution in [2.45, 2.75) is 39.0 Å². The van der Waals surface area contributed by atoms with E-state index in [4.69, 9.17) is 0 Å². The molecule has 1 aliphatic rings. The zero-order valence-corrected chi connectivity index (χ0v) is 11.1. The Labute approximate surface area is 109 Å². The highest BCUT2D eigenvalue weighted by Crippen LogP contribution is 2.27. The minimum absolute atomic E-state index is 0.796. The summed E-state index contributed by atoms with van der Waals surface area (Å²) in [6.45, 7) is 2.21. The molecule has 1 heterocycles. The second kappa shape index (κ2) is 5.01. The maximum atomic E-state index is 3.52. The van der Waals surface area contributed by atoms with Crippen LogP contribution >= 0.6 is 0 Å². The largest absolute Gasteiger partial charge is 0.355 e. The number of fused-ring (bicyclic) bond motifs is 1. The number of hydrogen-bond acceptors (Lipinski definition) is 0. The Bertz CT molecular complexity index is 556. The fraction of sp³-hybridized carbons (Fsp3) is 0.412. The SMILES string of the molecule is Cc1c(/C=C/C2CCCCC2)[nH]c2ccccc12. The minimum Gasteiger partial charge on any atom is -0.355 e. The third kappa shape index (κ3) is 2.22. The van der Waals surface area contributed by atoms with Gasteiger partial charge in [-0.25, -0.2) is 0 Å². The van der Waals surface area contributed by atoms with Crippen LogP contribution in [-0.2, 0) is 0 Å². The van der Waals surface area contributed by atoms with E-state index in [0.29, 0.717) is 0 Å². The number of aromatic amines is 1. The predicted molar refractivity (Wildman–Crippen MR) is 78.6 cm³/mol. The lowest BCUT2D eigenvalue weighted by Crippen LogP contribution is -2.02. The van der Waals surface area contributed by atoms with E-state index in [0.717, 1.165) is 5.92 Å². The number of hydrogen-bond donors (Lipinski definition) is 1. The number of para-hydroxylation sites is 1. The highest BCUT2D eigenvalue weighted by atomic mass is 14.7. The lowest BCUT2D eigenvalue weighted by molar-refractivity contribution is 0.420. The molecular formula is C17H21N. The van der Waals surface area contributed by atoms with Crippen molar-refractivity contribution in [1.82, 2.24) is 4.98 Å². The molecule has 18 heavy (non-hydrogen) atoms. The summed E-state index contributed by atoms with van der Waals surface area (Å²) in [5, 5.41) is 1.35. The Kier molecular flexibility index (Phi) is 3.22. The van der Waals surface area contributed by atoms with Crippen molar-refractivity contribution in [3.05, 3.63) is 41.6 Å². The number of nitrogens with one attached hydrogen (secondary N) is 1. The van der Waals surface area contributed by atoms with Gasteiger partial charge in [0.1, 0.15) is 0 Å². The zero-order chi connectivity index (χ0) is 12.4. The average Bonchev–Trinajstić information content (AvgIpc) is 2.75. The summed E-state index contributed by atoms with van der Waals surface area (Å²) in [4.78, 5) is 3.52. The van der Waals surface area contributed by atoms with Gasteiger partial charge in [0.05, 0.1) is 0 Å². The van der Waals surface area contributed by atoms with Gasteiger partial charge in [-0.05, 0) is 43.4 Å². The highest BCUT2D eigenvalue weighted by molar-refractivity contribution is 5.86. The van der Waals surface area contributed by atoms with Crippen molar-refractivity contribution in [3.8, 4) is 0 Å². The molecule has 0 spiro atoms. The Hall–Kier alpha value is -1.50. The van der Waals surface area contributed by atoms with Crippen molar-refractivity contribution in [2.75, 3.05) is 0 Å². The number of benzene rings is 1. The molecule has 0 amide bonds. The number of H-pyrrole nitrogens is 1. The first kappa shape index (κ1) is 11.6. The summed E-state index contributed by atoms with van der Waals surface area (Å²) in [6, 6.07) is 8.55. The molecule has 0 unspecified atom stereocenters. The van der Waals surface area contributed by atoms with Crippen molar-refractivity contribution < 1.29 is 0 Å². The van der Waals surface area contributed by atoms with Gasteiger partial charge in [-0.1, -0.05) is 43.5 Å².